The molecule has 10 heteroatoms. The summed E-state index contributed by atoms with van der Waals surface area (Å²) in [5.74, 6) is 0.405. The molecule has 0 bridgehead atoms. The lowest BCUT2D eigenvalue weighted by Gasteiger charge is -2.09. The number of hydrogen-bond acceptors (Lipinski definition) is 7. The van der Waals surface area contributed by atoms with Gasteiger partial charge in [-0.05, 0) is 35.9 Å². The van der Waals surface area contributed by atoms with Crippen molar-refractivity contribution in [2.45, 2.75) is 11.6 Å². The molecule has 0 spiro atoms. The molecule has 172 valence electrons. The molecule has 0 aliphatic heterocycles. The van der Waals surface area contributed by atoms with Gasteiger partial charge in [0.1, 0.15) is 17.3 Å². The molecule has 0 amide bonds. The molecule has 0 radical (unpaired) electrons. The largest absolute Gasteiger partial charge is 0.493 e. The Kier molecular flexibility index (Phi) is 5.84. The van der Waals surface area contributed by atoms with E-state index >= 15 is 0 Å². The maximum atomic E-state index is 13.1. The Morgan fingerprint density at radius 1 is 1.09 bits per heavy atom. The second-order valence-electron chi connectivity index (χ2n) is 7.61. The number of rotatable bonds is 7. The van der Waals surface area contributed by atoms with Crippen LogP contribution in [0.15, 0.2) is 77.5 Å². The molecule has 2 aromatic carbocycles. The summed E-state index contributed by atoms with van der Waals surface area (Å²) in [6.45, 7) is 0.434. The molecule has 3 aromatic heterocycles. The summed E-state index contributed by atoms with van der Waals surface area (Å²) >= 11 is 1.47. The van der Waals surface area contributed by atoms with E-state index in [1.807, 2.05) is 40.2 Å². The van der Waals surface area contributed by atoms with Gasteiger partial charge in [-0.25, -0.2) is 27.8 Å². The molecule has 0 atom stereocenters. The quantitative estimate of drug-likeness (QED) is 0.305. The highest BCUT2D eigenvalue weighted by molar-refractivity contribution is 7.90. The summed E-state index contributed by atoms with van der Waals surface area (Å²) in [7, 11) is -3.57. The number of aromatic nitrogens is 4. The van der Waals surface area contributed by atoms with Crippen molar-refractivity contribution in [3.05, 3.63) is 83.8 Å². The Morgan fingerprint density at radius 3 is 2.71 bits per heavy atom. The molecule has 0 saturated heterocycles. The Hall–Kier alpha value is -3.63. The Bertz CT molecular complexity index is 1580. The van der Waals surface area contributed by atoms with Crippen molar-refractivity contribution in [1.82, 2.24) is 19.4 Å². The van der Waals surface area contributed by atoms with Gasteiger partial charge in [-0.3, -0.25) is 4.40 Å². The molecule has 3 heterocycles. The standard InChI is InChI=1S/C24H19FN4O3S2/c1-34(30,31)23-26-11-9-20(27-23)22-21(28-24-29(22)12-14-33-24)17-3-2-4-19(15-17)32-13-10-16-5-7-18(25)8-6-16/h2-9,11-12,14-15H,10,13H2,1H3. The Labute approximate surface area is 199 Å². The zero-order valence-corrected chi connectivity index (χ0v) is 19.7. The number of nitrogens with zero attached hydrogens (tertiary/aromatic N) is 4. The Morgan fingerprint density at radius 2 is 1.91 bits per heavy atom. The van der Waals surface area contributed by atoms with Gasteiger partial charge in [-0.2, -0.15) is 0 Å². The van der Waals surface area contributed by atoms with Gasteiger partial charge < -0.3 is 4.74 Å². The van der Waals surface area contributed by atoms with Gasteiger partial charge in [0.15, 0.2) is 4.96 Å². The van der Waals surface area contributed by atoms with Crippen LogP contribution in [0.25, 0.3) is 27.6 Å². The van der Waals surface area contributed by atoms with Crippen LogP contribution in [0.3, 0.4) is 0 Å². The first-order chi connectivity index (χ1) is 16.4. The van der Waals surface area contributed by atoms with E-state index in [-0.39, 0.29) is 11.0 Å². The van der Waals surface area contributed by atoms with E-state index in [1.54, 1.807) is 18.2 Å². The predicted molar refractivity (Wildman–Crippen MR) is 128 cm³/mol. The van der Waals surface area contributed by atoms with Crippen LogP contribution in [0, 0.1) is 5.82 Å². The molecule has 5 rings (SSSR count). The smallest absolute Gasteiger partial charge is 0.247 e. The molecule has 34 heavy (non-hydrogen) atoms. The molecule has 7 nitrogen and oxygen atoms in total. The van der Waals surface area contributed by atoms with Gasteiger partial charge in [0.05, 0.1) is 18.0 Å². The summed E-state index contributed by atoms with van der Waals surface area (Å²) in [5.41, 5.74) is 3.59. The van der Waals surface area contributed by atoms with E-state index in [4.69, 9.17) is 9.72 Å². The van der Waals surface area contributed by atoms with Gasteiger partial charge in [0.2, 0.25) is 15.0 Å². The summed E-state index contributed by atoms with van der Waals surface area (Å²) in [6, 6.07) is 15.6. The monoisotopic (exact) mass is 494 g/mol. The van der Waals surface area contributed by atoms with Gasteiger partial charge in [0, 0.05) is 36.0 Å². The first-order valence-electron chi connectivity index (χ1n) is 10.4. The number of halogens is 1. The molecule has 0 N–H and O–H groups in total. The highest BCUT2D eigenvalue weighted by atomic mass is 32.2. The summed E-state index contributed by atoms with van der Waals surface area (Å²) < 4.78 is 44.9. The van der Waals surface area contributed by atoms with Gasteiger partial charge in [-0.15, -0.1) is 11.3 Å². The van der Waals surface area contributed by atoms with Crippen molar-refractivity contribution >= 4 is 26.1 Å². The van der Waals surface area contributed by atoms with Crippen molar-refractivity contribution in [3.8, 4) is 28.4 Å². The number of hydrogen-bond donors (Lipinski definition) is 0. The lowest BCUT2D eigenvalue weighted by Crippen LogP contribution is -2.05. The van der Waals surface area contributed by atoms with Crippen LogP contribution < -0.4 is 4.74 Å². The molecule has 0 unspecified atom stereocenters. The number of thiazole rings is 1. The van der Waals surface area contributed by atoms with Crippen molar-refractivity contribution < 1.29 is 17.5 Å². The van der Waals surface area contributed by atoms with Crippen LogP contribution in [0.5, 0.6) is 5.75 Å². The molecule has 0 fully saturated rings. The first kappa shape index (κ1) is 22.2. The van der Waals surface area contributed by atoms with Gasteiger partial charge in [-0.1, -0.05) is 24.3 Å². The van der Waals surface area contributed by atoms with Crippen LogP contribution in [0.2, 0.25) is 0 Å². The lowest BCUT2D eigenvalue weighted by atomic mass is 10.1. The second kappa shape index (κ2) is 8.96. The average Bonchev–Trinajstić information content (AvgIpc) is 3.42. The molecule has 5 aromatic rings. The van der Waals surface area contributed by atoms with Crippen LogP contribution in [-0.2, 0) is 16.3 Å². The third-order valence-corrected chi connectivity index (χ3v) is 6.77. The number of fused-ring (bicyclic) bond motifs is 1. The SMILES string of the molecule is CS(=O)(=O)c1nccc(-c2c(-c3cccc(OCCc4ccc(F)cc4)c3)nc3sccn23)n1. The maximum absolute atomic E-state index is 13.1. The van der Waals surface area contributed by atoms with E-state index in [1.165, 1.54) is 29.7 Å². The molecular weight excluding hydrogens is 475 g/mol. The summed E-state index contributed by atoms with van der Waals surface area (Å²) in [6.07, 6.45) is 5.03. The highest BCUT2D eigenvalue weighted by Crippen LogP contribution is 2.34. The van der Waals surface area contributed by atoms with E-state index in [9.17, 15) is 12.8 Å². The number of benzene rings is 2. The average molecular weight is 495 g/mol. The van der Waals surface area contributed by atoms with Gasteiger partial charge in [0.25, 0.3) is 0 Å². The van der Waals surface area contributed by atoms with Crippen LogP contribution in [0.1, 0.15) is 5.56 Å². The zero-order chi connectivity index (χ0) is 23.7. The minimum absolute atomic E-state index is 0.237. The van der Waals surface area contributed by atoms with E-state index in [0.717, 1.165) is 22.3 Å². The third kappa shape index (κ3) is 4.55. The molecule has 0 aliphatic carbocycles. The van der Waals surface area contributed by atoms with Crippen molar-refractivity contribution in [2.75, 3.05) is 12.9 Å². The van der Waals surface area contributed by atoms with E-state index < -0.39 is 9.84 Å². The number of imidazole rings is 1. The fourth-order valence-corrected chi connectivity index (χ4v) is 4.78. The highest BCUT2D eigenvalue weighted by Gasteiger charge is 2.20. The van der Waals surface area contributed by atoms with Crippen LogP contribution >= 0.6 is 11.3 Å². The second-order valence-corrected chi connectivity index (χ2v) is 10.4. The topological polar surface area (TPSA) is 86.5 Å². The molecule has 0 aliphatic rings. The fraction of sp³-hybridized carbons (Fsp3) is 0.125. The lowest BCUT2D eigenvalue weighted by molar-refractivity contribution is 0.322. The molecule has 0 saturated carbocycles. The summed E-state index contributed by atoms with van der Waals surface area (Å²) in [5, 5.41) is 1.67. The third-order valence-electron chi connectivity index (χ3n) is 5.15. The number of sulfone groups is 1. The fourth-order valence-electron chi connectivity index (χ4n) is 3.55. The zero-order valence-electron chi connectivity index (χ0n) is 18.1. The number of ether oxygens (including phenoxy) is 1. The summed E-state index contributed by atoms with van der Waals surface area (Å²) in [4.78, 5) is 13.7. The van der Waals surface area contributed by atoms with Gasteiger partial charge >= 0.3 is 0 Å². The van der Waals surface area contributed by atoms with Crippen molar-refractivity contribution in [1.29, 1.82) is 0 Å². The minimum atomic E-state index is -3.57. The first-order valence-corrected chi connectivity index (χ1v) is 13.1. The molecular formula is C24H19FN4O3S2. The van der Waals surface area contributed by atoms with E-state index in [0.29, 0.717) is 35.9 Å². The van der Waals surface area contributed by atoms with Crippen LogP contribution in [0.4, 0.5) is 4.39 Å². The maximum Gasteiger partial charge on any atom is 0.247 e. The Balaban J connectivity index is 1.47. The van der Waals surface area contributed by atoms with Crippen LogP contribution in [-0.4, -0.2) is 40.6 Å². The normalized spacial score (nSPS) is 11.7. The predicted octanol–water partition coefficient (Wildman–Crippen LogP) is 4.68. The van der Waals surface area contributed by atoms with E-state index in [2.05, 4.69) is 9.97 Å². The minimum Gasteiger partial charge on any atom is -0.493 e. The van der Waals surface area contributed by atoms with Crippen molar-refractivity contribution in [3.63, 3.8) is 0 Å². The van der Waals surface area contributed by atoms with Crippen molar-refractivity contribution in [2.24, 2.45) is 0 Å².